The number of carboxylic acids is 1. The Balaban J connectivity index is 3.22. The third kappa shape index (κ3) is 2.36. The summed E-state index contributed by atoms with van der Waals surface area (Å²) in [6, 6.07) is 0.194. The number of hydrogen-bond acceptors (Lipinski definition) is 2. The molecule has 0 aliphatic heterocycles. The van der Waals surface area contributed by atoms with Crippen LogP contribution in [0.2, 0.25) is 0 Å². The molecule has 1 rings (SSSR count). The third-order valence-electron chi connectivity index (χ3n) is 1.95. The van der Waals surface area contributed by atoms with Crippen LogP contribution in [-0.4, -0.2) is 22.1 Å². The van der Waals surface area contributed by atoms with Crippen LogP contribution in [-0.2, 0) is 4.79 Å². The van der Waals surface area contributed by atoms with Gasteiger partial charge in [0.1, 0.15) is 0 Å². The van der Waals surface area contributed by atoms with Crippen molar-refractivity contribution in [2.24, 2.45) is 0 Å². The molecule has 1 unspecified atom stereocenters. The summed E-state index contributed by atoms with van der Waals surface area (Å²) in [5, 5.41) is 17.1. The van der Waals surface area contributed by atoms with Crippen molar-refractivity contribution in [2.75, 3.05) is 0 Å². The van der Waals surface area contributed by atoms with Gasteiger partial charge in [-0.3, -0.25) is 0 Å². The summed E-state index contributed by atoms with van der Waals surface area (Å²) in [7, 11) is 0. The number of carbonyl (C=O) groups is 1. The summed E-state index contributed by atoms with van der Waals surface area (Å²) in [5.41, 5.74) is -1.08. The van der Waals surface area contributed by atoms with E-state index in [-0.39, 0.29) is 12.1 Å². The molecule has 0 aliphatic carbocycles. The molecule has 0 radical (unpaired) electrons. The van der Waals surface area contributed by atoms with Crippen LogP contribution in [0.25, 0.3) is 0 Å². The van der Waals surface area contributed by atoms with E-state index < -0.39 is 41.0 Å². The van der Waals surface area contributed by atoms with Crippen molar-refractivity contribution in [2.45, 2.75) is 12.0 Å². The highest BCUT2D eigenvalue weighted by Gasteiger charge is 2.48. The van der Waals surface area contributed by atoms with E-state index in [9.17, 15) is 26.7 Å². The van der Waals surface area contributed by atoms with Crippen molar-refractivity contribution in [3.8, 4) is 0 Å². The molecule has 3 nitrogen and oxygen atoms in total. The Morgan fingerprint density at radius 2 is 1.59 bits per heavy atom. The predicted octanol–water partition coefficient (Wildman–Crippen LogP) is 1.86. The average Bonchev–Trinajstić information content (AvgIpc) is 2.23. The zero-order chi connectivity index (χ0) is 13.4. The van der Waals surface area contributed by atoms with Crippen LogP contribution in [0.3, 0.4) is 0 Å². The molecule has 0 heterocycles. The van der Waals surface area contributed by atoms with Gasteiger partial charge in [-0.05, 0) is 17.7 Å². The fourth-order valence-corrected chi connectivity index (χ4v) is 1.06. The van der Waals surface area contributed by atoms with E-state index >= 15 is 0 Å². The number of halogens is 5. The fourth-order valence-electron chi connectivity index (χ4n) is 1.06. The molecular weight excluding hydrogens is 251 g/mol. The van der Waals surface area contributed by atoms with Crippen molar-refractivity contribution in [3.63, 3.8) is 0 Å². The molecule has 1 aromatic carbocycles. The van der Waals surface area contributed by atoms with Gasteiger partial charge in [0.2, 0.25) is 0 Å². The van der Waals surface area contributed by atoms with Gasteiger partial charge in [0, 0.05) is 0 Å². The maximum Gasteiger partial charge on any atom is 0.377 e. The fraction of sp³-hybridized carbons (Fsp3) is 0.222. The van der Waals surface area contributed by atoms with Crippen molar-refractivity contribution < 1.29 is 37.0 Å². The molecule has 8 heteroatoms. The van der Waals surface area contributed by atoms with Crippen LogP contribution in [0, 0.1) is 17.5 Å². The first kappa shape index (κ1) is 13.4. The van der Waals surface area contributed by atoms with Crippen molar-refractivity contribution in [1.29, 1.82) is 0 Å². The second-order valence-corrected chi connectivity index (χ2v) is 3.13. The molecule has 0 fully saturated rings. The highest BCUT2D eigenvalue weighted by Crippen LogP contribution is 2.32. The Labute approximate surface area is 91.1 Å². The summed E-state index contributed by atoms with van der Waals surface area (Å²) >= 11 is 0. The maximum atomic E-state index is 12.8. The molecule has 0 saturated heterocycles. The van der Waals surface area contributed by atoms with Gasteiger partial charge in [0.25, 0.3) is 0 Å². The van der Waals surface area contributed by atoms with E-state index in [1.54, 1.807) is 0 Å². The lowest BCUT2D eigenvalue weighted by molar-refractivity contribution is -0.183. The topological polar surface area (TPSA) is 57.5 Å². The lowest BCUT2D eigenvalue weighted by Gasteiger charge is -2.18. The third-order valence-corrected chi connectivity index (χ3v) is 1.95. The molecule has 0 aromatic heterocycles. The molecule has 0 saturated carbocycles. The summed E-state index contributed by atoms with van der Waals surface area (Å²) in [4.78, 5) is 10.1. The van der Waals surface area contributed by atoms with Crippen LogP contribution in [0.5, 0.6) is 0 Å². The molecule has 1 aromatic rings. The highest BCUT2D eigenvalue weighted by molar-refractivity contribution is 5.76. The van der Waals surface area contributed by atoms with E-state index in [1.807, 2.05) is 0 Å². The average molecular weight is 256 g/mol. The molecule has 17 heavy (non-hydrogen) atoms. The number of aliphatic hydroxyl groups excluding tert-OH is 1. The summed E-state index contributed by atoms with van der Waals surface area (Å²) in [5.74, 6) is -12.8. The Bertz CT molecular complexity index is 437. The Morgan fingerprint density at radius 1 is 1.18 bits per heavy atom. The molecule has 2 N–H and O–H groups in total. The SMILES string of the molecule is O=C(O)C(F)(F)C(O)c1cc(F)c(F)c(F)c1. The second kappa shape index (κ2) is 4.28. The van der Waals surface area contributed by atoms with Gasteiger partial charge in [-0.15, -0.1) is 0 Å². The molecule has 0 bridgehead atoms. The van der Waals surface area contributed by atoms with Crippen molar-refractivity contribution in [1.82, 2.24) is 0 Å². The number of hydrogen-bond donors (Lipinski definition) is 2. The largest absolute Gasteiger partial charge is 0.477 e. The number of rotatable bonds is 3. The normalized spacial score (nSPS) is 13.5. The zero-order valence-electron chi connectivity index (χ0n) is 7.92. The Kier molecular flexibility index (Phi) is 3.37. The summed E-state index contributed by atoms with van der Waals surface area (Å²) in [6.45, 7) is 0. The lowest BCUT2D eigenvalue weighted by Crippen LogP contribution is -2.35. The van der Waals surface area contributed by atoms with Gasteiger partial charge in [0.05, 0.1) is 0 Å². The van der Waals surface area contributed by atoms with Crippen molar-refractivity contribution in [3.05, 3.63) is 35.1 Å². The zero-order valence-corrected chi connectivity index (χ0v) is 7.92. The highest BCUT2D eigenvalue weighted by atomic mass is 19.3. The first-order valence-corrected chi connectivity index (χ1v) is 4.11. The van der Waals surface area contributed by atoms with Gasteiger partial charge in [-0.25, -0.2) is 18.0 Å². The molecule has 0 amide bonds. The molecule has 0 aliphatic rings. The van der Waals surface area contributed by atoms with Gasteiger partial charge in [-0.2, -0.15) is 8.78 Å². The van der Waals surface area contributed by atoms with Crippen LogP contribution in [0.4, 0.5) is 22.0 Å². The minimum Gasteiger partial charge on any atom is -0.477 e. The van der Waals surface area contributed by atoms with Crippen LogP contribution >= 0.6 is 0 Å². The smallest absolute Gasteiger partial charge is 0.377 e. The molecule has 1 atom stereocenters. The first-order valence-electron chi connectivity index (χ1n) is 4.11. The Morgan fingerprint density at radius 3 is 1.94 bits per heavy atom. The predicted molar refractivity (Wildman–Crippen MR) is 43.9 cm³/mol. The number of alkyl halides is 2. The number of aliphatic hydroxyl groups is 1. The summed E-state index contributed by atoms with van der Waals surface area (Å²) in [6.07, 6.45) is -2.98. The van der Waals surface area contributed by atoms with E-state index in [2.05, 4.69) is 0 Å². The molecule has 0 spiro atoms. The van der Waals surface area contributed by atoms with E-state index in [0.717, 1.165) is 0 Å². The van der Waals surface area contributed by atoms with E-state index in [1.165, 1.54) is 0 Å². The van der Waals surface area contributed by atoms with E-state index in [0.29, 0.717) is 0 Å². The lowest BCUT2D eigenvalue weighted by atomic mass is 10.0. The standard InChI is InChI=1S/C9H5F5O3/c10-4-1-3(2-5(11)6(4)12)7(15)9(13,14)8(16)17/h1-2,7,15H,(H,16,17). The van der Waals surface area contributed by atoms with Crippen LogP contribution < -0.4 is 0 Å². The monoisotopic (exact) mass is 256 g/mol. The second-order valence-electron chi connectivity index (χ2n) is 3.13. The van der Waals surface area contributed by atoms with E-state index in [4.69, 9.17) is 10.2 Å². The number of aliphatic carboxylic acids is 1. The maximum absolute atomic E-state index is 12.8. The van der Waals surface area contributed by atoms with Gasteiger partial charge in [-0.1, -0.05) is 0 Å². The summed E-state index contributed by atoms with van der Waals surface area (Å²) < 4.78 is 63.4. The number of carboxylic acid groups (broad SMARTS) is 1. The first-order chi connectivity index (χ1) is 7.67. The van der Waals surface area contributed by atoms with Crippen LogP contribution in [0.15, 0.2) is 12.1 Å². The molecular formula is C9H5F5O3. The minimum atomic E-state index is -4.64. The quantitative estimate of drug-likeness (QED) is 0.641. The molecule has 94 valence electrons. The Hall–Kier alpha value is -1.70. The van der Waals surface area contributed by atoms with Gasteiger partial charge < -0.3 is 10.2 Å². The van der Waals surface area contributed by atoms with Crippen molar-refractivity contribution >= 4 is 5.97 Å². The van der Waals surface area contributed by atoms with Gasteiger partial charge in [0.15, 0.2) is 23.6 Å². The van der Waals surface area contributed by atoms with Crippen LogP contribution in [0.1, 0.15) is 11.7 Å². The van der Waals surface area contributed by atoms with Gasteiger partial charge >= 0.3 is 11.9 Å². The minimum absolute atomic E-state index is 0.0972. The number of benzene rings is 1.